The third kappa shape index (κ3) is 182. The monoisotopic (exact) mass is 97.0 g/mol. The molecule has 0 fully saturated rings. The van der Waals surface area contributed by atoms with E-state index in [1.807, 2.05) is 0 Å². The number of hydrogen-bond acceptors (Lipinski definition) is 2. The topological polar surface area (TPSA) is 63.4 Å². The second-order valence-electron chi connectivity index (χ2n) is 0.238. The van der Waals surface area contributed by atoms with E-state index < -0.39 is 5.09 Å². The van der Waals surface area contributed by atoms with Crippen molar-refractivity contribution in [2.45, 2.75) is 0 Å². The molecular formula is H4LiMgNO3. The van der Waals surface area contributed by atoms with Gasteiger partial charge in [0, 0.05) is 0 Å². The Morgan fingerprint density at radius 3 is 1.67 bits per heavy atom. The third-order valence-electron chi connectivity index (χ3n) is 0. The van der Waals surface area contributed by atoms with Crippen LogP contribution in [0.25, 0.3) is 0 Å². The van der Waals surface area contributed by atoms with Crippen LogP contribution in [0.5, 0.6) is 0 Å². The van der Waals surface area contributed by atoms with Crippen molar-refractivity contribution < 1.29 is 10.3 Å². The molecule has 0 aliphatic heterocycles. The summed E-state index contributed by atoms with van der Waals surface area (Å²) in [4.78, 5) is 8.36. The van der Waals surface area contributed by atoms with Crippen LogP contribution < -0.4 is 0 Å². The molecule has 0 spiro atoms. The molecule has 0 heterocycles. The van der Waals surface area contributed by atoms with E-state index in [1.54, 1.807) is 0 Å². The number of nitrogens with zero attached hydrogens (tertiary/aromatic N) is 1. The zero-order valence-electron chi connectivity index (χ0n) is 1.71. The minimum atomic E-state index is -1.50. The van der Waals surface area contributed by atoms with Gasteiger partial charge >= 0.3 is 41.9 Å². The van der Waals surface area contributed by atoms with Crippen LogP contribution in [0.4, 0.5) is 0 Å². The molecule has 6 heavy (non-hydrogen) atoms. The van der Waals surface area contributed by atoms with Gasteiger partial charge in [-0.2, -0.15) is 0 Å². The van der Waals surface area contributed by atoms with E-state index in [-0.39, 0.29) is 41.9 Å². The van der Waals surface area contributed by atoms with Crippen molar-refractivity contribution in [1.29, 1.82) is 0 Å². The van der Waals surface area contributed by atoms with Crippen molar-refractivity contribution in [3.05, 3.63) is 10.1 Å². The van der Waals surface area contributed by atoms with Crippen molar-refractivity contribution in [1.82, 2.24) is 0 Å². The molecule has 0 atom stereocenters. The Labute approximate surface area is 62.3 Å². The number of hydrogen-bond donors (Lipinski definition) is 1. The van der Waals surface area contributed by atoms with Crippen LogP contribution in [-0.4, -0.2) is 52.2 Å². The Morgan fingerprint density at radius 2 is 1.67 bits per heavy atom. The SMILES string of the molecule is O=[N+]([O-])O.[LiH].[MgH2]. The zero-order valence-corrected chi connectivity index (χ0v) is 1.71. The first-order chi connectivity index (χ1) is 1.73. The molecule has 4 nitrogen and oxygen atoms in total. The first-order valence-corrected chi connectivity index (χ1v) is 0.565. The largest absolute Gasteiger partial charge is 0.316 e. The Kier molecular flexibility index (Phi) is 24.3. The molecular weight excluding hydrogens is 93.2 g/mol. The molecule has 0 aromatic heterocycles. The quantitative estimate of drug-likeness (QED) is 0.218. The summed E-state index contributed by atoms with van der Waals surface area (Å²) in [7, 11) is 0. The van der Waals surface area contributed by atoms with Crippen molar-refractivity contribution >= 4 is 41.9 Å². The minimum Gasteiger partial charge on any atom is 0.316 e. The van der Waals surface area contributed by atoms with Crippen molar-refractivity contribution in [2.75, 3.05) is 0 Å². The first kappa shape index (κ1) is 16.0. The van der Waals surface area contributed by atoms with Crippen LogP contribution in [0.1, 0.15) is 0 Å². The van der Waals surface area contributed by atoms with Crippen LogP contribution in [-0.2, 0) is 0 Å². The van der Waals surface area contributed by atoms with Crippen molar-refractivity contribution in [3.63, 3.8) is 0 Å². The van der Waals surface area contributed by atoms with Gasteiger partial charge in [0.15, 0.2) is 0 Å². The predicted octanol–water partition coefficient (Wildman–Crippen LogP) is -1.91. The molecule has 0 saturated heterocycles. The third-order valence-corrected chi connectivity index (χ3v) is 0. The Morgan fingerprint density at radius 1 is 1.67 bits per heavy atom. The summed E-state index contributed by atoms with van der Waals surface area (Å²) in [5.74, 6) is 0. The normalized spacial score (nSPS) is 4.00. The van der Waals surface area contributed by atoms with E-state index in [0.29, 0.717) is 0 Å². The number of rotatable bonds is 0. The fourth-order valence-electron chi connectivity index (χ4n) is 0. The molecule has 0 unspecified atom stereocenters. The van der Waals surface area contributed by atoms with Crippen LogP contribution in [0.2, 0.25) is 0 Å². The molecule has 0 aliphatic carbocycles. The van der Waals surface area contributed by atoms with Gasteiger partial charge in [-0.05, 0) is 0 Å². The van der Waals surface area contributed by atoms with Gasteiger partial charge < -0.3 is 5.21 Å². The maximum Gasteiger partial charge on any atom is 0.316 e. The van der Waals surface area contributed by atoms with E-state index in [4.69, 9.17) is 15.3 Å². The van der Waals surface area contributed by atoms with Gasteiger partial charge in [-0.15, -0.1) is 10.1 Å². The van der Waals surface area contributed by atoms with Crippen LogP contribution in [0.3, 0.4) is 0 Å². The average Bonchev–Trinajstić information content (AvgIpc) is 0.811. The van der Waals surface area contributed by atoms with Crippen molar-refractivity contribution in [2.24, 2.45) is 0 Å². The standard InChI is InChI=1S/Li.Mg.HNO3.3H/c;;2-1(3)4;;;/h;;(H,2,3,4);;;. The van der Waals surface area contributed by atoms with E-state index in [1.165, 1.54) is 0 Å². The first-order valence-electron chi connectivity index (χ1n) is 0.565. The molecule has 0 rings (SSSR count). The van der Waals surface area contributed by atoms with E-state index in [2.05, 4.69) is 0 Å². The van der Waals surface area contributed by atoms with Gasteiger partial charge in [-0.1, -0.05) is 0 Å². The van der Waals surface area contributed by atoms with Gasteiger partial charge in [0.25, 0.3) is 5.09 Å². The Balaban J connectivity index is -0.0000000450. The van der Waals surface area contributed by atoms with Crippen LogP contribution >= 0.6 is 0 Å². The zero-order chi connectivity index (χ0) is 3.58. The molecule has 0 saturated carbocycles. The fourth-order valence-corrected chi connectivity index (χ4v) is 0. The van der Waals surface area contributed by atoms with Crippen LogP contribution in [0, 0.1) is 10.1 Å². The minimum absolute atomic E-state index is 0. The summed E-state index contributed by atoms with van der Waals surface area (Å²) in [6.07, 6.45) is 0. The summed E-state index contributed by atoms with van der Waals surface area (Å²) < 4.78 is 0. The van der Waals surface area contributed by atoms with Gasteiger partial charge in [0.05, 0.1) is 0 Å². The van der Waals surface area contributed by atoms with E-state index in [9.17, 15) is 0 Å². The predicted molar refractivity (Wildman–Crippen MR) is 24.5 cm³/mol. The van der Waals surface area contributed by atoms with Crippen molar-refractivity contribution in [3.8, 4) is 0 Å². The summed E-state index contributed by atoms with van der Waals surface area (Å²) >= 11 is 0. The summed E-state index contributed by atoms with van der Waals surface area (Å²) in [6.45, 7) is 0. The summed E-state index contributed by atoms with van der Waals surface area (Å²) in [5.41, 5.74) is 0. The molecule has 1 N–H and O–H groups in total. The fraction of sp³-hybridized carbons (Fsp3) is 0. The smallest absolute Gasteiger partial charge is 0.316 e. The average molecular weight is 97.3 g/mol. The van der Waals surface area contributed by atoms with Gasteiger partial charge in [-0.25, -0.2) is 0 Å². The molecule has 0 aromatic rings. The summed E-state index contributed by atoms with van der Waals surface area (Å²) in [5, 5.41) is 13.6. The van der Waals surface area contributed by atoms with Gasteiger partial charge in [-0.3, -0.25) is 0 Å². The van der Waals surface area contributed by atoms with Crippen LogP contribution in [0.15, 0.2) is 0 Å². The summed E-state index contributed by atoms with van der Waals surface area (Å²) in [6, 6.07) is 0. The second kappa shape index (κ2) is 9.12. The van der Waals surface area contributed by atoms with Gasteiger partial charge in [0.1, 0.15) is 0 Å². The molecule has 0 aromatic carbocycles. The molecule has 6 heteroatoms. The molecule has 0 radical (unpaired) electrons. The molecule has 0 amide bonds. The van der Waals surface area contributed by atoms with Gasteiger partial charge in [0.2, 0.25) is 0 Å². The Hall–Kier alpha value is 0.564. The Bertz CT molecular complexity index is 33.8. The molecule has 30 valence electrons. The van der Waals surface area contributed by atoms with E-state index >= 15 is 0 Å². The van der Waals surface area contributed by atoms with E-state index in [0.717, 1.165) is 0 Å². The molecule has 0 bridgehead atoms. The maximum atomic E-state index is 8.36. The molecule has 0 aliphatic rings. The second-order valence-corrected chi connectivity index (χ2v) is 0.238. The maximum absolute atomic E-state index is 8.36.